The number of amides is 2. The van der Waals surface area contributed by atoms with Gasteiger partial charge in [0.25, 0.3) is 0 Å². The Labute approximate surface area is 115 Å². The molecule has 1 rings (SSSR count). The number of carbonyl (C=O) groups is 2. The Bertz CT molecular complexity index is 479. The molecule has 0 spiro atoms. The fraction of sp³-hybridized carbons (Fsp3) is 0.333. The van der Waals surface area contributed by atoms with Crippen molar-refractivity contribution in [2.45, 2.75) is 13.0 Å². The Hall–Kier alpha value is -1.79. The molecule has 0 aromatic heterocycles. The summed E-state index contributed by atoms with van der Waals surface area (Å²) in [6, 6.07) is 3.33. The average Bonchev–Trinajstić information content (AvgIpc) is 2.34. The van der Waals surface area contributed by atoms with Crippen LogP contribution in [0.3, 0.4) is 0 Å². The van der Waals surface area contributed by atoms with E-state index in [1.165, 1.54) is 7.11 Å². The van der Waals surface area contributed by atoms with Gasteiger partial charge in [-0.05, 0) is 24.6 Å². The maximum atomic E-state index is 11.7. The summed E-state index contributed by atoms with van der Waals surface area (Å²) in [5, 5.41) is 14.2. The van der Waals surface area contributed by atoms with Gasteiger partial charge in [0.1, 0.15) is 0 Å². The molecule has 1 atom stereocenters. The van der Waals surface area contributed by atoms with E-state index in [9.17, 15) is 9.59 Å². The summed E-state index contributed by atoms with van der Waals surface area (Å²) in [7, 11) is 1.36. The zero-order chi connectivity index (χ0) is 14.4. The second-order valence-corrected chi connectivity index (χ2v) is 4.26. The fourth-order valence-electron chi connectivity index (χ4n) is 1.40. The predicted octanol–water partition coefficient (Wildman–Crippen LogP) is 1.87. The van der Waals surface area contributed by atoms with Crippen LogP contribution in [0.25, 0.3) is 0 Å². The SMILES string of the molecule is COCC(NC(=O)Nc1cccc(Cl)c1C)C(=O)O. The van der Waals surface area contributed by atoms with Gasteiger partial charge in [-0.2, -0.15) is 0 Å². The molecular weight excluding hydrogens is 272 g/mol. The van der Waals surface area contributed by atoms with E-state index >= 15 is 0 Å². The zero-order valence-corrected chi connectivity index (χ0v) is 11.3. The van der Waals surface area contributed by atoms with Crippen molar-refractivity contribution in [1.82, 2.24) is 5.32 Å². The van der Waals surface area contributed by atoms with Crippen molar-refractivity contribution >= 4 is 29.3 Å². The van der Waals surface area contributed by atoms with Crippen LogP contribution in [0.5, 0.6) is 0 Å². The third-order valence-electron chi connectivity index (χ3n) is 2.45. The first-order chi connectivity index (χ1) is 8.95. The molecule has 104 valence electrons. The van der Waals surface area contributed by atoms with E-state index in [-0.39, 0.29) is 6.61 Å². The number of benzene rings is 1. The lowest BCUT2D eigenvalue weighted by Gasteiger charge is -2.15. The molecule has 3 N–H and O–H groups in total. The molecule has 0 heterocycles. The van der Waals surface area contributed by atoms with Crippen LogP contribution in [0.15, 0.2) is 18.2 Å². The monoisotopic (exact) mass is 286 g/mol. The summed E-state index contributed by atoms with van der Waals surface area (Å²) in [6.07, 6.45) is 0. The Morgan fingerprint density at radius 3 is 2.74 bits per heavy atom. The van der Waals surface area contributed by atoms with Crippen LogP contribution in [-0.2, 0) is 9.53 Å². The Morgan fingerprint density at radius 2 is 2.16 bits per heavy atom. The fourth-order valence-corrected chi connectivity index (χ4v) is 1.58. The molecule has 19 heavy (non-hydrogen) atoms. The van der Waals surface area contributed by atoms with E-state index in [2.05, 4.69) is 10.6 Å². The minimum atomic E-state index is -1.17. The average molecular weight is 287 g/mol. The van der Waals surface area contributed by atoms with Crippen molar-refractivity contribution in [3.63, 3.8) is 0 Å². The second kappa shape index (κ2) is 6.96. The molecule has 2 amide bonds. The molecular formula is C12H15ClN2O4. The van der Waals surface area contributed by atoms with Gasteiger partial charge in [-0.1, -0.05) is 17.7 Å². The number of halogens is 1. The van der Waals surface area contributed by atoms with E-state index < -0.39 is 18.0 Å². The molecule has 1 aromatic rings. The van der Waals surface area contributed by atoms with Crippen LogP contribution in [0.1, 0.15) is 5.56 Å². The van der Waals surface area contributed by atoms with Gasteiger partial charge in [-0.3, -0.25) is 0 Å². The lowest BCUT2D eigenvalue weighted by molar-refractivity contribution is -0.140. The third-order valence-corrected chi connectivity index (χ3v) is 2.86. The van der Waals surface area contributed by atoms with Crippen LogP contribution in [0.4, 0.5) is 10.5 Å². The van der Waals surface area contributed by atoms with Crippen molar-refractivity contribution in [3.8, 4) is 0 Å². The lowest BCUT2D eigenvalue weighted by Crippen LogP contribution is -2.45. The van der Waals surface area contributed by atoms with Crippen molar-refractivity contribution in [2.24, 2.45) is 0 Å². The number of hydrogen-bond acceptors (Lipinski definition) is 3. The Morgan fingerprint density at radius 1 is 1.47 bits per heavy atom. The first-order valence-electron chi connectivity index (χ1n) is 5.50. The predicted molar refractivity (Wildman–Crippen MR) is 71.6 cm³/mol. The highest BCUT2D eigenvalue weighted by atomic mass is 35.5. The second-order valence-electron chi connectivity index (χ2n) is 3.86. The molecule has 0 aliphatic rings. The smallest absolute Gasteiger partial charge is 0.328 e. The number of carboxylic acids is 1. The number of carboxylic acid groups (broad SMARTS) is 1. The van der Waals surface area contributed by atoms with Crippen molar-refractivity contribution in [1.29, 1.82) is 0 Å². The maximum Gasteiger partial charge on any atom is 0.328 e. The highest BCUT2D eigenvalue weighted by molar-refractivity contribution is 6.31. The molecule has 0 saturated carbocycles. The molecule has 1 unspecified atom stereocenters. The van der Waals surface area contributed by atoms with Gasteiger partial charge < -0.3 is 20.5 Å². The number of nitrogens with one attached hydrogen (secondary N) is 2. The number of hydrogen-bond donors (Lipinski definition) is 3. The summed E-state index contributed by atoms with van der Waals surface area (Å²) < 4.78 is 4.71. The van der Waals surface area contributed by atoms with Crippen molar-refractivity contribution in [2.75, 3.05) is 19.0 Å². The van der Waals surface area contributed by atoms with Crippen LogP contribution in [-0.4, -0.2) is 36.9 Å². The minimum absolute atomic E-state index is 0.114. The van der Waals surface area contributed by atoms with Gasteiger partial charge in [0.05, 0.1) is 6.61 Å². The number of urea groups is 1. The van der Waals surface area contributed by atoms with E-state index in [0.29, 0.717) is 16.3 Å². The number of aliphatic carboxylic acids is 1. The summed E-state index contributed by atoms with van der Waals surface area (Å²) in [6.45, 7) is 1.64. The number of anilines is 1. The summed E-state index contributed by atoms with van der Waals surface area (Å²) in [4.78, 5) is 22.5. The van der Waals surface area contributed by atoms with Gasteiger partial charge in [-0.15, -0.1) is 0 Å². The van der Waals surface area contributed by atoms with E-state index in [0.717, 1.165) is 0 Å². The summed E-state index contributed by atoms with van der Waals surface area (Å²) in [5.74, 6) is -1.17. The Kier molecular flexibility index (Phi) is 5.59. The zero-order valence-electron chi connectivity index (χ0n) is 10.6. The summed E-state index contributed by atoms with van der Waals surface area (Å²) >= 11 is 5.92. The van der Waals surface area contributed by atoms with Crippen molar-refractivity contribution in [3.05, 3.63) is 28.8 Å². The van der Waals surface area contributed by atoms with Crippen LogP contribution in [0, 0.1) is 6.92 Å². The molecule has 0 bridgehead atoms. The van der Waals surface area contributed by atoms with Gasteiger partial charge in [-0.25, -0.2) is 9.59 Å². The van der Waals surface area contributed by atoms with Crippen LogP contribution < -0.4 is 10.6 Å². The summed E-state index contributed by atoms with van der Waals surface area (Å²) in [5.41, 5.74) is 1.23. The first-order valence-corrected chi connectivity index (χ1v) is 5.88. The minimum Gasteiger partial charge on any atom is -0.480 e. The van der Waals surface area contributed by atoms with Crippen LogP contribution in [0.2, 0.25) is 5.02 Å². The molecule has 0 fully saturated rings. The normalized spacial score (nSPS) is 11.7. The number of ether oxygens (including phenoxy) is 1. The topological polar surface area (TPSA) is 87.7 Å². The molecule has 1 aromatic carbocycles. The molecule has 0 saturated heterocycles. The van der Waals surface area contributed by atoms with Crippen LogP contribution >= 0.6 is 11.6 Å². The standard InChI is InChI=1S/C12H15ClN2O4/c1-7-8(13)4-3-5-9(7)14-12(18)15-10(6-19-2)11(16)17/h3-5,10H,6H2,1-2H3,(H,16,17)(H2,14,15,18). The van der Waals surface area contributed by atoms with E-state index in [1.54, 1.807) is 25.1 Å². The largest absolute Gasteiger partial charge is 0.480 e. The first kappa shape index (κ1) is 15.3. The quantitative estimate of drug-likeness (QED) is 0.771. The molecule has 0 aliphatic heterocycles. The lowest BCUT2D eigenvalue weighted by atomic mass is 10.2. The highest BCUT2D eigenvalue weighted by Gasteiger charge is 2.19. The maximum absolute atomic E-state index is 11.7. The Balaban J connectivity index is 2.69. The molecule has 7 heteroatoms. The number of carbonyl (C=O) groups excluding carboxylic acids is 1. The van der Waals surface area contributed by atoms with E-state index in [1.807, 2.05) is 0 Å². The van der Waals surface area contributed by atoms with Crippen molar-refractivity contribution < 1.29 is 19.4 Å². The van der Waals surface area contributed by atoms with E-state index in [4.69, 9.17) is 21.4 Å². The highest BCUT2D eigenvalue weighted by Crippen LogP contribution is 2.22. The van der Waals surface area contributed by atoms with Gasteiger partial charge in [0, 0.05) is 17.8 Å². The molecule has 0 aliphatic carbocycles. The molecule has 0 radical (unpaired) electrons. The van der Waals surface area contributed by atoms with Gasteiger partial charge >= 0.3 is 12.0 Å². The number of rotatable bonds is 5. The van der Waals surface area contributed by atoms with Gasteiger partial charge in [0.2, 0.25) is 0 Å². The number of methoxy groups -OCH3 is 1. The molecule has 6 nitrogen and oxygen atoms in total. The van der Waals surface area contributed by atoms with Gasteiger partial charge in [0.15, 0.2) is 6.04 Å². The third kappa shape index (κ3) is 4.42.